The lowest BCUT2D eigenvalue weighted by atomic mass is 10.2. The zero-order valence-corrected chi connectivity index (χ0v) is 11.7. The molecule has 5 nitrogen and oxygen atoms in total. The van der Waals surface area contributed by atoms with Gasteiger partial charge in [-0.1, -0.05) is 0 Å². The Morgan fingerprint density at radius 2 is 2.26 bits per heavy atom. The van der Waals surface area contributed by atoms with Crippen molar-refractivity contribution >= 4 is 10.0 Å². The highest BCUT2D eigenvalue weighted by atomic mass is 32.2. The summed E-state index contributed by atoms with van der Waals surface area (Å²) in [5, 5.41) is 8.82. The van der Waals surface area contributed by atoms with Gasteiger partial charge < -0.3 is 5.73 Å². The Morgan fingerprint density at radius 1 is 1.53 bits per heavy atom. The Kier molecular flexibility index (Phi) is 3.90. The molecule has 1 aliphatic rings. The smallest absolute Gasteiger partial charge is 0.243 e. The van der Waals surface area contributed by atoms with Crippen LogP contribution in [-0.2, 0) is 10.0 Å². The van der Waals surface area contributed by atoms with Crippen molar-refractivity contribution in [3.05, 3.63) is 29.3 Å². The van der Waals surface area contributed by atoms with E-state index in [1.807, 2.05) is 6.07 Å². The Balaban J connectivity index is 2.43. The minimum atomic E-state index is -3.51. The van der Waals surface area contributed by atoms with Crippen molar-refractivity contribution in [1.29, 1.82) is 5.26 Å². The molecular weight excluding hydrogens is 262 g/mol. The Labute approximate surface area is 113 Å². The lowest BCUT2D eigenvalue weighted by Gasteiger charge is -2.23. The fraction of sp³-hybridized carbons (Fsp3) is 0.462. The standard InChI is InChI=1S/C13H17N3O2S/c1-10-7-11(8-14)4-5-13(10)19(17,18)16-6-2-3-12(16)9-15/h4-5,7,12H,2-3,6,9,15H2,1H3/t12-/m1/s1. The van der Waals surface area contributed by atoms with E-state index in [0.29, 0.717) is 24.2 Å². The minimum Gasteiger partial charge on any atom is -0.329 e. The molecule has 0 aromatic heterocycles. The topological polar surface area (TPSA) is 87.2 Å². The molecule has 6 heteroatoms. The van der Waals surface area contributed by atoms with Crippen LogP contribution >= 0.6 is 0 Å². The third kappa shape index (κ3) is 2.50. The van der Waals surface area contributed by atoms with Gasteiger partial charge in [-0.15, -0.1) is 0 Å². The van der Waals surface area contributed by atoms with E-state index >= 15 is 0 Å². The molecule has 0 amide bonds. The predicted molar refractivity (Wildman–Crippen MR) is 71.9 cm³/mol. The van der Waals surface area contributed by atoms with Crippen LogP contribution in [0.4, 0.5) is 0 Å². The Hall–Kier alpha value is -1.42. The van der Waals surface area contributed by atoms with Crippen LogP contribution in [-0.4, -0.2) is 31.9 Å². The van der Waals surface area contributed by atoms with Gasteiger partial charge in [-0.25, -0.2) is 8.42 Å². The van der Waals surface area contributed by atoms with Crippen molar-refractivity contribution < 1.29 is 8.42 Å². The summed E-state index contributed by atoms with van der Waals surface area (Å²) in [4.78, 5) is 0.270. The highest BCUT2D eigenvalue weighted by Crippen LogP contribution is 2.27. The van der Waals surface area contributed by atoms with Crippen molar-refractivity contribution in [3.63, 3.8) is 0 Å². The van der Waals surface area contributed by atoms with E-state index in [-0.39, 0.29) is 10.9 Å². The van der Waals surface area contributed by atoms with Gasteiger partial charge in [0, 0.05) is 19.1 Å². The molecule has 0 unspecified atom stereocenters. The summed E-state index contributed by atoms with van der Waals surface area (Å²) in [5.41, 5.74) is 6.70. The summed E-state index contributed by atoms with van der Waals surface area (Å²) in [5.74, 6) is 0. The van der Waals surface area contributed by atoms with Crippen molar-refractivity contribution in [2.24, 2.45) is 5.73 Å². The summed E-state index contributed by atoms with van der Waals surface area (Å²) in [7, 11) is -3.51. The maximum absolute atomic E-state index is 12.6. The fourth-order valence-electron chi connectivity index (χ4n) is 2.50. The third-order valence-electron chi connectivity index (χ3n) is 3.49. The molecule has 1 aromatic rings. The van der Waals surface area contributed by atoms with Gasteiger partial charge in [-0.05, 0) is 43.5 Å². The molecule has 0 radical (unpaired) electrons. The monoisotopic (exact) mass is 279 g/mol. The lowest BCUT2D eigenvalue weighted by molar-refractivity contribution is 0.393. The average molecular weight is 279 g/mol. The van der Waals surface area contributed by atoms with Gasteiger partial charge in [-0.3, -0.25) is 0 Å². The first kappa shape index (κ1) is 14.0. The van der Waals surface area contributed by atoms with Crippen LogP contribution < -0.4 is 5.73 Å². The molecule has 1 heterocycles. The van der Waals surface area contributed by atoms with Gasteiger partial charge in [0.1, 0.15) is 0 Å². The molecular formula is C13H17N3O2S. The van der Waals surface area contributed by atoms with Crippen LogP contribution in [0.2, 0.25) is 0 Å². The van der Waals surface area contributed by atoms with Crippen LogP contribution in [0.5, 0.6) is 0 Å². The highest BCUT2D eigenvalue weighted by molar-refractivity contribution is 7.89. The Morgan fingerprint density at radius 3 is 2.84 bits per heavy atom. The number of nitriles is 1. The second-order valence-electron chi connectivity index (χ2n) is 4.74. The van der Waals surface area contributed by atoms with E-state index < -0.39 is 10.0 Å². The van der Waals surface area contributed by atoms with E-state index in [0.717, 1.165) is 12.8 Å². The van der Waals surface area contributed by atoms with E-state index in [2.05, 4.69) is 0 Å². The van der Waals surface area contributed by atoms with E-state index in [4.69, 9.17) is 11.0 Å². The number of sulfonamides is 1. The lowest BCUT2D eigenvalue weighted by Crippen LogP contribution is -2.40. The number of rotatable bonds is 3. The first-order valence-electron chi connectivity index (χ1n) is 6.23. The predicted octanol–water partition coefficient (Wildman–Crippen LogP) is 0.979. The van der Waals surface area contributed by atoms with Crippen LogP contribution in [0.25, 0.3) is 0 Å². The molecule has 2 N–H and O–H groups in total. The quantitative estimate of drug-likeness (QED) is 0.893. The number of hydrogen-bond donors (Lipinski definition) is 1. The number of nitrogens with zero attached hydrogens (tertiary/aromatic N) is 2. The second kappa shape index (κ2) is 5.29. The maximum atomic E-state index is 12.6. The number of benzene rings is 1. The normalized spacial score (nSPS) is 20.4. The van der Waals surface area contributed by atoms with Crippen LogP contribution in [0.3, 0.4) is 0 Å². The zero-order valence-electron chi connectivity index (χ0n) is 10.8. The summed E-state index contributed by atoms with van der Waals surface area (Å²) in [6, 6.07) is 6.54. The van der Waals surface area contributed by atoms with Gasteiger partial charge >= 0.3 is 0 Å². The van der Waals surface area contributed by atoms with Crippen molar-refractivity contribution in [1.82, 2.24) is 4.31 Å². The number of nitrogens with two attached hydrogens (primary N) is 1. The molecule has 0 aliphatic carbocycles. The summed E-state index contributed by atoms with van der Waals surface area (Å²) < 4.78 is 26.7. The molecule has 1 atom stereocenters. The fourth-order valence-corrected chi connectivity index (χ4v) is 4.41. The SMILES string of the molecule is Cc1cc(C#N)ccc1S(=O)(=O)N1CCC[C@@H]1CN. The van der Waals surface area contributed by atoms with Crippen molar-refractivity contribution in [3.8, 4) is 6.07 Å². The summed E-state index contributed by atoms with van der Waals surface area (Å²) >= 11 is 0. The van der Waals surface area contributed by atoms with E-state index in [1.54, 1.807) is 13.0 Å². The van der Waals surface area contributed by atoms with Gasteiger partial charge in [0.15, 0.2) is 0 Å². The van der Waals surface area contributed by atoms with Gasteiger partial charge in [-0.2, -0.15) is 9.57 Å². The summed E-state index contributed by atoms with van der Waals surface area (Å²) in [6.07, 6.45) is 1.65. The van der Waals surface area contributed by atoms with Crippen LogP contribution in [0.15, 0.2) is 23.1 Å². The van der Waals surface area contributed by atoms with Crippen LogP contribution in [0.1, 0.15) is 24.0 Å². The van der Waals surface area contributed by atoms with E-state index in [1.165, 1.54) is 16.4 Å². The summed E-state index contributed by atoms with van der Waals surface area (Å²) in [6.45, 7) is 2.57. The number of hydrogen-bond acceptors (Lipinski definition) is 4. The number of aryl methyl sites for hydroxylation is 1. The van der Waals surface area contributed by atoms with Gasteiger partial charge in [0.2, 0.25) is 10.0 Å². The second-order valence-corrected chi connectivity index (χ2v) is 6.60. The minimum absolute atomic E-state index is 0.111. The zero-order chi connectivity index (χ0) is 14.0. The molecule has 0 bridgehead atoms. The molecule has 0 saturated carbocycles. The van der Waals surface area contributed by atoms with Crippen LogP contribution in [0, 0.1) is 18.3 Å². The van der Waals surface area contributed by atoms with Gasteiger partial charge in [0.25, 0.3) is 0 Å². The molecule has 2 rings (SSSR count). The van der Waals surface area contributed by atoms with Crippen molar-refractivity contribution in [2.45, 2.75) is 30.7 Å². The average Bonchev–Trinajstić information content (AvgIpc) is 2.87. The largest absolute Gasteiger partial charge is 0.329 e. The van der Waals surface area contributed by atoms with Crippen molar-refractivity contribution in [2.75, 3.05) is 13.1 Å². The first-order valence-corrected chi connectivity index (χ1v) is 7.67. The first-order chi connectivity index (χ1) is 9.00. The molecule has 1 fully saturated rings. The molecule has 1 aliphatic heterocycles. The molecule has 1 aromatic carbocycles. The third-order valence-corrected chi connectivity index (χ3v) is 5.60. The highest BCUT2D eigenvalue weighted by Gasteiger charge is 2.35. The Bertz CT molecular complexity index is 619. The molecule has 102 valence electrons. The molecule has 0 spiro atoms. The maximum Gasteiger partial charge on any atom is 0.243 e. The molecule has 1 saturated heterocycles. The van der Waals surface area contributed by atoms with E-state index in [9.17, 15) is 8.42 Å². The molecule has 19 heavy (non-hydrogen) atoms. The van der Waals surface area contributed by atoms with Gasteiger partial charge in [0.05, 0.1) is 16.5 Å².